The molecule has 0 N–H and O–H groups in total. The zero-order valence-electron chi connectivity index (χ0n) is 15.8. The van der Waals surface area contributed by atoms with Crippen LogP contribution in [-0.4, -0.2) is 31.0 Å². The lowest BCUT2D eigenvalue weighted by molar-refractivity contribution is 0.0741. The van der Waals surface area contributed by atoms with E-state index in [1.807, 2.05) is 47.4 Å². The fourth-order valence-corrected chi connectivity index (χ4v) is 3.69. The molecule has 0 radical (unpaired) electrons. The summed E-state index contributed by atoms with van der Waals surface area (Å²) in [6.45, 7) is 1.18. The van der Waals surface area contributed by atoms with Crippen molar-refractivity contribution in [1.82, 2.24) is 4.90 Å². The quantitative estimate of drug-likeness (QED) is 0.644. The molecule has 0 bridgehead atoms. The number of amides is 1. The number of fused-ring (bicyclic) bond motifs is 1. The van der Waals surface area contributed by atoms with Crippen LogP contribution in [-0.2, 0) is 12.8 Å². The van der Waals surface area contributed by atoms with Crippen molar-refractivity contribution in [2.75, 3.05) is 20.2 Å². The van der Waals surface area contributed by atoms with Gasteiger partial charge in [-0.15, -0.1) is 0 Å². The molecule has 1 aliphatic heterocycles. The van der Waals surface area contributed by atoms with E-state index < -0.39 is 0 Å². The number of carbonyl (C=O) groups excluding carboxylic acids is 1. The van der Waals surface area contributed by atoms with Crippen molar-refractivity contribution in [3.63, 3.8) is 0 Å². The average molecular weight is 375 g/mol. The van der Waals surface area contributed by atoms with E-state index in [1.54, 1.807) is 19.2 Å². The Morgan fingerprint density at radius 1 is 1.00 bits per heavy atom. The number of halogens is 1. The first-order valence-corrected chi connectivity index (χ1v) is 9.46. The zero-order chi connectivity index (χ0) is 19.5. The summed E-state index contributed by atoms with van der Waals surface area (Å²) in [4.78, 5) is 14.7. The van der Waals surface area contributed by atoms with E-state index >= 15 is 0 Å². The highest BCUT2D eigenvalue weighted by atomic mass is 19.1. The molecule has 28 heavy (non-hydrogen) atoms. The molecule has 142 valence electrons. The van der Waals surface area contributed by atoms with Crippen LogP contribution >= 0.6 is 0 Å². The van der Waals surface area contributed by atoms with Gasteiger partial charge in [0.25, 0.3) is 5.91 Å². The Labute approximate surface area is 164 Å². The van der Waals surface area contributed by atoms with Gasteiger partial charge in [-0.2, -0.15) is 0 Å². The second-order valence-electron chi connectivity index (χ2n) is 6.99. The summed E-state index contributed by atoms with van der Waals surface area (Å²) >= 11 is 0. The Kier molecular flexibility index (Phi) is 5.11. The number of ether oxygens (including phenoxy) is 1. The molecule has 3 aromatic rings. The molecule has 0 unspecified atom stereocenters. The second-order valence-corrected chi connectivity index (χ2v) is 6.99. The van der Waals surface area contributed by atoms with Crippen LogP contribution in [0.5, 0.6) is 5.75 Å². The number of nitrogens with zero attached hydrogens (tertiary/aromatic N) is 1. The minimum atomic E-state index is -0.213. The lowest BCUT2D eigenvalue weighted by Gasteiger charge is -2.29. The molecular formula is C24H22FNO2. The highest BCUT2D eigenvalue weighted by Crippen LogP contribution is 2.28. The van der Waals surface area contributed by atoms with Crippen LogP contribution in [0.2, 0.25) is 0 Å². The number of hydrogen-bond donors (Lipinski definition) is 0. The van der Waals surface area contributed by atoms with Gasteiger partial charge in [0.2, 0.25) is 0 Å². The van der Waals surface area contributed by atoms with Crippen LogP contribution in [0.1, 0.15) is 21.5 Å². The summed E-state index contributed by atoms with van der Waals surface area (Å²) in [7, 11) is 1.65. The lowest BCUT2D eigenvalue weighted by Crippen LogP contribution is -2.38. The van der Waals surface area contributed by atoms with Crippen molar-refractivity contribution in [3.05, 3.63) is 89.2 Å². The largest absolute Gasteiger partial charge is 0.497 e. The summed E-state index contributed by atoms with van der Waals surface area (Å²) in [6.07, 6.45) is 1.33. The smallest absolute Gasteiger partial charge is 0.254 e. The molecule has 1 heterocycles. The third-order valence-corrected chi connectivity index (χ3v) is 5.29. The molecule has 0 aliphatic carbocycles. The SMILES string of the molecule is COc1cccc(-c2ccc3c(c2)CCN(CCc2ccccc2F)C3=O)c1. The average Bonchev–Trinajstić information content (AvgIpc) is 2.74. The standard InChI is InChI=1S/C24H22FNO2/c1-28-21-7-4-6-18(16-21)19-9-10-22-20(15-19)12-14-26(24(22)27)13-11-17-5-2-3-8-23(17)25/h2-10,15-16H,11-14H2,1H3. The van der Waals surface area contributed by atoms with Crippen molar-refractivity contribution >= 4 is 5.91 Å². The normalized spacial score (nSPS) is 13.4. The first kappa shape index (κ1) is 18.2. The number of carbonyl (C=O) groups is 1. The van der Waals surface area contributed by atoms with Gasteiger partial charge >= 0.3 is 0 Å². The maximum absolute atomic E-state index is 13.8. The first-order valence-electron chi connectivity index (χ1n) is 9.46. The number of rotatable bonds is 5. The maximum atomic E-state index is 13.8. The monoisotopic (exact) mass is 375 g/mol. The van der Waals surface area contributed by atoms with Crippen LogP contribution in [0, 0.1) is 5.82 Å². The third kappa shape index (κ3) is 3.63. The van der Waals surface area contributed by atoms with Crippen LogP contribution in [0.3, 0.4) is 0 Å². The summed E-state index contributed by atoms with van der Waals surface area (Å²) in [5, 5.41) is 0. The highest BCUT2D eigenvalue weighted by Gasteiger charge is 2.24. The van der Waals surface area contributed by atoms with E-state index in [0.717, 1.165) is 34.4 Å². The van der Waals surface area contributed by atoms with E-state index in [0.29, 0.717) is 25.1 Å². The van der Waals surface area contributed by atoms with Gasteiger partial charge in [-0.1, -0.05) is 42.5 Å². The van der Waals surface area contributed by atoms with E-state index in [-0.39, 0.29) is 11.7 Å². The second kappa shape index (κ2) is 7.85. The van der Waals surface area contributed by atoms with Gasteiger partial charge in [-0.25, -0.2) is 4.39 Å². The van der Waals surface area contributed by atoms with Crippen LogP contribution in [0.4, 0.5) is 4.39 Å². The highest BCUT2D eigenvalue weighted by molar-refractivity contribution is 5.97. The van der Waals surface area contributed by atoms with Crippen molar-refractivity contribution in [1.29, 1.82) is 0 Å². The Bertz CT molecular complexity index is 1010. The van der Waals surface area contributed by atoms with Gasteiger partial charge in [0, 0.05) is 18.7 Å². The molecule has 0 fully saturated rings. The Balaban J connectivity index is 1.51. The van der Waals surface area contributed by atoms with Gasteiger partial charge in [0.15, 0.2) is 0 Å². The molecule has 1 amide bonds. The molecule has 0 atom stereocenters. The minimum absolute atomic E-state index is 0.0229. The van der Waals surface area contributed by atoms with E-state index in [4.69, 9.17) is 4.74 Å². The molecule has 0 saturated carbocycles. The maximum Gasteiger partial charge on any atom is 0.254 e. The van der Waals surface area contributed by atoms with Gasteiger partial charge in [-0.3, -0.25) is 4.79 Å². The molecular weight excluding hydrogens is 353 g/mol. The molecule has 3 aromatic carbocycles. The Hall–Kier alpha value is -3.14. The van der Waals surface area contributed by atoms with Gasteiger partial charge in [-0.05, 0) is 59.4 Å². The number of hydrogen-bond acceptors (Lipinski definition) is 2. The predicted molar refractivity (Wildman–Crippen MR) is 108 cm³/mol. The van der Waals surface area contributed by atoms with Gasteiger partial charge in [0.05, 0.1) is 7.11 Å². The van der Waals surface area contributed by atoms with Crippen LogP contribution in [0.15, 0.2) is 66.7 Å². The van der Waals surface area contributed by atoms with Crippen LogP contribution < -0.4 is 4.74 Å². The molecule has 4 heteroatoms. The Morgan fingerprint density at radius 3 is 2.64 bits per heavy atom. The topological polar surface area (TPSA) is 29.5 Å². The molecule has 1 aliphatic rings. The molecule has 3 nitrogen and oxygen atoms in total. The fraction of sp³-hybridized carbons (Fsp3) is 0.208. The van der Waals surface area contributed by atoms with Gasteiger partial charge in [0.1, 0.15) is 11.6 Å². The molecule has 0 saturated heterocycles. The van der Waals surface area contributed by atoms with Crippen molar-refractivity contribution in [3.8, 4) is 16.9 Å². The Morgan fingerprint density at radius 2 is 1.82 bits per heavy atom. The van der Waals surface area contributed by atoms with Crippen molar-refractivity contribution in [2.45, 2.75) is 12.8 Å². The number of benzene rings is 3. The molecule has 4 rings (SSSR count). The lowest BCUT2D eigenvalue weighted by atomic mass is 9.94. The number of methoxy groups -OCH3 is 1. The first-order chi connectivity index (χ1) is 13.7. The molecule has 0 spiro atoms. The van der Waals surface area contributed by atoms with Gasteiger partial charge < -0.3 is 9.64 Å². The summed E-state index contributed by atoms with van der Waals surface area (Å²) in [6, 6.07) is 20.6. The summed E-state index contributed by atoms with van der Waals surface area (Å²) in [5.41, 5.74) is 4.59. The summed E-state index contributed by atoms with van der Waals surface area (Å²) in [5.74, 6) is 0.621. The summed E-state index contributed by atoms with van der Waals surface area (Å²) < 4.78 is 19.1. The predicted octanol–water partition coefficient (Wildman–Crippen LogP) is 4.74. The zero-order valence-corrected chi connectivity index (χ0v) is 15.8. The van der Waals surface area contributed by atoms with Crippen LogP contribution in [0.25, 0.3) is 11.1 Å². The van der Waals surface area contributed by atoms with Crippen molar-refractivity contribution < 1.29 is 13.9 Å². The minimum Gasteiger partial charge on any atom is -0.497 e. The fourth-order valence-electron chi connectivity index (χ4n) is 3.69. The third-order valence-electron chi connectivity index (χ3n) is 5.29. The van der Waals surface area contributed by atoms with Crippen molar-refractivity contribution in [2.24, 2.45) is 0 Å². The van der Waals surface area contributed by atoms with E-state index in [1.165, 1.54) is 6.07 Å². The molecule has 0 aromatic heterocycles. The van der Waals surface area contributed by atoms with E-state index in [9.17, 15) is 9.18 Å². The van der Waals surface area contributed by atoms with E-state index in [2.05, 4.69) is 6.07 Å².